The van der Waals surface area contributed by atoms with Crippen LogP contribution in [0.1, 0.15) is 11.1 Å². The van der Waals surface area contributed by atoms with E-state index < -0.39 is 0 Å². The highest BCUT2D eigenvalue weighted by molar-refractivity contribution is 9.10. The molecule has 0 amide bonds. The van der Waals surface area contributed by atoms with Gasteiger partial charge in [-0.3, -0.25) is 0 Å². The quantitative estimate of drug-likeness (QED) is 0.530. The summed E-state index contributed by atoms with van der Waals surface area (Å²) < 4.78 is 11.5. The van der Waals surface area contributed by atoms with Crippen LogP contribution in [0, 0.1) is 0 Å². The molecule has 2 aromatic carbocycles. The summed E-state index contributed by atoms with van der Waals surface area (Å²) in [5.41, 5.74) is 2.42. The van der Waals surface area contributed by atoms with E-state index in [9.17, 15) is 0 Å². The third-order valence-corrected chi connectivity index (χ3v) is 3.35. The molecule has 2 N–H and O–H groups in total. The summed E-state index contributed by atoms with van der Waals surface area (Å²) in [5.74, 6) is 6.94. The molecule has 0 aliphatic heterocycles. The lowest BCUT2D eigenvalue weighted by Gasteiger charge is -2.10. The summed E-state index contributed by atoms with van der Waals surface area (Å²) in [6.45, 7) is 0. The van der Waals surface area contributed by atoms with Crippen LogP contribution in [0.2, 0.25) is 0 Å². The van der Waals surface area contributed by atoms with Crippen LogP contribution in [0.3, 0.4) is 0 Å². The van der Waals surface area contributed by atoms with Gasteiger partial charge < -0.3 is 15.3 Å². The normalized spacial score (nSPS) is 11.2. The van der Waals surface area contributed by atoms with Crippen molar-refractivity contribution in [2.45, 2.75) is 0 Å². The van der Waals surface area contributed by atoms with E-state index in [4.69, 9.17) is 15.3 Å². The van der Waals surface area contributed by atoms with E-state index in [1.807, 2.05) is 36.4 Å². The van der Waals surface area contributed by atoms with Gasteiger partial charge >= 0.3 is 0 Å². The van der Waals surface area contributed by atoms with Crippen molar-refractivity contribution < 1.29 is 9.47 Å². The average molecular weight is 335 g/mol. The Kier molecular flexibility index (Phi) is 4.63. The van der Waals surface area contributed by atoms with Crippen LogP contribution < -0.4 is 15.3 Å². The fourth-order valence-corrected chi connectivity index (χ4v) is 2.29. The van der Waals surface area contributed by atoms with E-state index in [-0.39, 0.29) is 0 Å². The van der Waals surface area contributed by atoms with Crippen molar-refractivity contribution >= 4 is 21.6 Å². The highest BCUT2D eigenvalue weighted by atomic mass is 79.9. The maximum Gasteiger partial charge on any atom is 0.123 e. The van der Waals surface area contributed by atoms with Crippen LogP contribution in [-0.2, 0) is 0 Å². The second-order valence-corrected chi connectivity index (χ2v) is 5.01. The fraction of sp³-hybridized carbons (Fsp3) is 0.133. The molecule has 0 spiro atoms. The molecule has 0 radical (unpaired) electrons. The molecule has 20 heavy (non-hydrogen) atoms. The number of ether oxygens (including phenoxy) is 2. The minimum atomic E-state index is 0.670. The molecule has 2 rings (SSSR count). The van der Waals surface area contributed by atoms with Gasteiger partial charge in [-0.25, -0.2) is 0 Å². The zero-order valence-electron chi connectivity index (χ0n) is 11.3. The summed E-state index contributed by atoms with van der Waals surface area (Å²) in [4.78, 5) is 0. The van der Waals surface area contributed by atoms with Gasteiger partial charge in [0.25, 0.3) is 0 Å². The molecule has 0 aliphatic carbocycles. The van der Waals surface area contributed by atoms with E-state index in [0.717, 1.165) is 15.6 Å². The maximum absolute atomic E-state index is 5.56. The SMILES string of the molecule is COc1cc(OC)cc(/C(=N\N)c2cccc(Br)c2)c1. The van der Waals surface area contributed by atoms with Gasteiger partial charge in [0, 0.05) is 21.7 Å². The number of hydrogen-bond acceptors (Lipinski definition) is 4. The van der Waals surface area contributed by atoms with Gasteiger partial charge in [0.2, 0.25) is 0 Å². The van der Waals surface area contributed by atoms with E-state index in [1.54, 1.807) is 20.3 Å². The van der Waals surface area contributed by atoms with Gasteiger partial charge in [-0.15, -0.1) is 0 Å². The highest BCUT2D eigenvalue weighted by Gasteiger charge is 2.11. The lowest BCUT2D eigenvalue weighted by molar-refractivity contribution is 0.394. The Morgan fingerprint density at radius 2 is 1.65 bits per heavy atom. The molecule has 0 saturated carbocycles. The van der Waals surface area contributed by atoms with Gasteiger partial charge in [-0.2, -0.15) is 5.10 Å². The molecule has 0 atom stereocenters. The number of nitrogens with two attached hydrogens (primary N) is 1. The Labute approximate surface area is 126 Å². The monoisotopic (exact) mass is 334 g/mol. The van der Waals surface area contributed by atoms with Gasteiger partial charge in [0.05, 0.1) is 19.9 Å². The topological polar surface area (TPSA) is 56.8 Å². The average Bonchev–Trinajstić information content (AvgIpc) is 2.47. The zero-order valence-corrected chi connectivity index (χ0v) is 12.8. The second-order valence-electron chi connectivity index (χ2n) is 4.09. The first kappa shape index (κ1) is 14.4. The molecule has 0 aromatic heterocycles. The second kappa shape index (κ2) is 6.43. The lowest BCUT2D eigenvalue weighted by Crippen LogP contribution is -2.07. The highest BCUT2D eigenvalue weighted by Crippen LogP contribution is 2.25. The predicted octanol–water partition coefficient (Wildman–Crippen LogP) is 3.18. The molecule has 0 heterocycles. The van der Waals surface area contributed by atoms with Crippen LogP contribution in [0.4, 0.5) is 0 Å². The molecule has 0 bridgehead atoms. The van der Waals surface area contributed by atoms with Crippen molar-refractivity contribution in [2.24, 2.45) is 10.9 Å². The molecule has 0 fully saturated rings. The third kappa shape index (κ3) is 3.11. The molecule has 5 heteroatoms. The van der Waals surface area contributed by atoms with Crippen molar-refractivity contribution in [2.75, 3.05) is 14.2 Å². The van der Waals surface area contributed by atoms with E-state index in [1.165, 1.54) is 0 Å². The molecular formula is C15H15BrN2O2. The molecule has 0 unspecified atom stereocenters. The Morgan fingerprint density at radius 3 is 2.15 bits per heavy atom. The van der Waals surface area contributed by atoms with Crippen LogP contribution in [0.15, 0.2) is 52.0 Å². The first-order valence-corrected chi connectivity index (χ1v) is 6.74. The van der Waals surface area contributed by atoms with Crippen LogP contribution in [0.25, 0.3) is 0 Å². The van der Waals surface area contributed by atoms with Gasteiger partial charge in [0.15, 0.2) is 0 Å². The Morgan fingerprint density at radius 1 is 1.00 bits per heavy atom. The van der Waals surface area contributed by atoms with Crippen LogP contribution in [0.5, 0.6) is 11.5 Å². The first-order chi connectivity index (χ1) is 9.67. The van der Waals surface area contributed by atoms with Gasteiger partial charge in [-0.05, 0) is 24.3 Å². The summed E-state index contributed by atoms with van der Waals surface area (Å²) in [5, 5.41) is 3.91. The number of nitrogens with zero attached hydrogens (tertiary/aromatic N) is 1. The van der Waals surface area contributed by atoms with E-state index >= 15 is 0 Å². The maximum atomic E-state index is 5.56. The number of rotatable bonds is 4. The largest absolute Gasteiger partial charge is 0.497 e. The standard InChI is InChI=1S/C15H15BrN2O2/c1-19-13-7-11(8-14(9-13)20-2)15(18-17)10-4-3-5-12(16)6-10/h3-9H,17H2,1-2H3/b18-15-. The zero-order chi connectivity index (χ0) is 14.5. The number of methoxy groups -OCH3 is 2. The van der Waals surface area contributed by atoms with Crippen molar-refractivity contribution in [1.82, 2.24) is 0 Å². The van der Waals surface area contributed by atoms with Crippen LogP contribution >= 0.6 is 15.9 Å². The van der Waals surface area contributed by atoms with E-state index in [0.29, 0.717) is 17.2 Å². The van der Waals surface area contributed by atoms with Gasteiger partial charge in [-0.1, -0.05) is 28.1 Å². The molecule has 2 aromatic rings. The minimum absolute atomic E-state index is 0.670. The number of halogens is 1. The molecule has 0 saturated heterocycles. The Bertz CT molecular complexity index is 619. The van der Waals surface area contributed by atoms with Crippen molar-refractivity contribution in [3.05, 3.63) is 58.1 Å². The summed E-state index contributed by atoms with van der Waals surface area (Å²) in [7, 11) is 3.22. The summed E-state index contributed by atoms with van der Waals surface area (Å²) in [6.07, 6.45) is 0. The summed E-state index contributed by atoms with van der Waals surface area (Å²) in [6, 6.07) is 13.3. The summed E-state index contributed by atoms with van der Waals surface area (Å²) >= 11 is 3.44. The van der Waals surface area contributed by atoms with Crippen molar-refractivity contribution in [3.8, 4) is 11.5 Å². The fourth-order valence-electron chi connectivity index (χ4n) is 1.90. The minimum Gasteiger partial charge on any atom is -0.497 e. The smallest absolute Gasteiger partial charge is 0.123 e. The molecule has 104 valence electrons. The Hall–Kier alpha value is -2.01. The molecule has 4 nitrogen and oxygen atoms in total. The predicted molar refractivity (Wildman–Crippen MR) is 83.5 cm³/mol. The number of hydrazone groups is 1. The van der Waals surface area contributed by atoms with Crippen LogP contribution in [-0.4, -0.2) is 19.9 Å². The molecular weight excluding hydrogens is 320 g/mol. The Balaban J connectivity index is 2.52. The lowest BCUT2D eigenvalue weighted by atomic mass is 10.0. The van der Waals surface area contributed by atoms with Crippen molar-refractivity contribution in [3.63, 3.8) is 0 Å². The van der Waals surface area contributed by atoms with E-state index in [2.05, 4.69) is 21.0 Å². The number of hydrogen-bond donors (Lipinski definition) is 1. The van der Waals surface area contributed by atoms with Crippen molar-refractivity contribution in [1.29, 1.82) is 0 Å². The molecule has 0 aliphatic rings. The first-order valence-electron chi connectivity index (χ1n) is 5.95. The third-order valence-electron chi connectivity index (χ3n) is 2.85. The van der Waals surface area contributed by atoms with Gasteiger partial charge in [0.1, 0.15) is 11.5 Å². The number of benzene rings is 2.